The van der Waals surface area contributed by atoms with Gasteiger partial charge in [-0.15, -0.1) is 0 Å². The van der Waals surface area contributed by atoms with Crippen LogP contribution in [0.15, 0.2) is 66.0 Å². The first-order valence-electron chi connectivity index (χ1n) is 10.9. The minimum Gasteiger partial charge on any atom is -0.475 e. The van der Waals surface area contributed by atoms with Gasteiger partial charge in [0.1, 0.15) is 5.65 Å². The van der Waals surface area contributed by atoms with Crippen LogP contribution in [0.2, 0.25) is 0 Å². The summed E-state index contributed by atoms with van der Waals surface area (Å²) < 4.78 is 60.7. The van der Waals surface area contributed by atoms with Crippen LogP contribution >= 0.6 is 0 Å². The monoisotopic (exact) mass is 521 g/mol. The molecule has 0 radical (unpaired) electrons. The Morgan fingerprint density at radius 1 is 1.08 bits per heavy atom. The molecule has 1 aliphatic heterocycles. The number of fused-ring (bicyclic) bond motifs is 1. The minimum absolute atomic E-state index is 0.349. The zero-order chi connectivity index (χ0) is 25.9. The summed E-state index contributed by atoms with van der Waals surface area (Å²) in [5, 5.41) is 12.4. The van der Waals surface area contributed by atoms with E-state index in [4.69, 9.17) is 9.90 Å². The highest BCUT2D eigenvalue weighted by Gasteiger charge is 2.38. The molecule has 1 aliphatic rings. The molecule has 0 amide bonds. The second kappa shape index (κ2) is 10.1. The predicted octanol–water partition coefficient (Wildman–Crippen LogP) is 3.89. The highest BCUT2D eigenvalue weighted by molar-refractivity contribution is 7.89. The van der Waals surface area contributed by atoms with Crippen LogP contribution < -0.4 is 0 Å². The van der Waals surface area contributed by atoms with Gasteiger partial charge in [0.15, 0.2) is 0 Å². The largest absolute Gasteiger partial charge is 0.490 e. The topological polar surface area (TPSA) is 121 Å². The average molecular weight is 522 g/mol. The quantitative estimate of drug-likeness (QED) is 0.411. The van der Waals surface area contributed by atoms with Gasteiger partial charge < -0.3 is 10.1 Å². The van der Waals surface area contributed by atoms with Crippen molar-refractivity contribution in [3.05, 3.63) is 66.7 Å². The molecule has 1 aromatic carbocycles. The number of sulfonamides is 1. The van der Waals surface area contributed by atoms with Crippen LogP contribution in [0.4, 0.5) is 13.2 Å². The molecule has 2 N–H and O–H groups in total. The predicted molar refractivity (Wildman–Crippen MR) is 125 cm³/mol. The fourth-order valence-corrected chi connectivity index (χ4v) is 5.39. The first-order chi connectivity index (χ1) is 17.1. The minimum atomic E-state index is -5.08. The molecule has 190 valence electrons. The van der Waals surface area contributed by atoms with Gasteiger partial charge in [-0.05, 0) is 54.3 Å². The van der Waals surface area contributed by atoms with E-state index in [0.29, 0.717) is 24.5 Å². The van der Waals surface area contributed by atoms with Crippen LogP contribution in [-0.2, 0) is 21.4 Å². The van der Waals surface area contributed by atoms with Gasteiger partial charge >= 0.3 is 12.1 Å². The Balaban J connectivity index is 0.000000384. The van der Waals surface area contributed by atoms with Crippen LogP contribution in [0.1, 0.15) is 18.5 Å². The second-order valence-corrected chi connectivity index (χ2v) is 10.00. The number of hydrogen-bond donors (Lipinski definition) is 2. The van der Waals surface area contributed by atoms with E-state index in [1.807, 2.05) is 35.1 Å². The second-order valence-electron chi connectivity index (χ2n) is 8.06. The summed E-state index contributed by atoms with van der Waals surface area (Å²) in [6, 6.07) is 13.1. The lowest BCUT2D eigenvalue weighted by Crippen LogP contribution is -2.27. The van der Waals surface area contributed by atoms with E-state index in [-0.39, 0.29) is 0 Å². The highest BCUT2D eigenvalue weighted by Crippen LogP contribution is 2.30. The fourth-order valence-electron chi connectivity index (χ4n) is 3.87. The van der Waals surface area contributed by atoms with Crippen LogP contribution in [-0.4, -0.2) is 62.8 Å². The van der Waals surface area contributed by atoms with Gasteiger partial charge in [-0.1, -0.05) is 12.1 Å². The number of rotatable bonds is 5. The molecule has 1 saturated heterocycles. The molecule has 9 nitrogen and oxygen atoms in total. The summed E-state index contributed by atoms with van der Waals surface area (Å²) in [5.74, 6) is -2.76. The van der Waals surface area contributed by atoms with E-state index in [1.54, 1.807) is 28.8 Å². The van der Waals surface area contributed by atoms with Gasteiger partial charge in [0.25, 0.3) is 0 Å². The van der Waals surface area contributed by atoms with Crippen molar-refractivity contribution in [2.45, 2.75) is 30.5 Å². The normalized spacial score (nSPS) is 14.5. The Bertz CT molecular complexity index is 1440. The molecule has 5 rings (SSSR count). The number of aromatic amines is 1. The summed E-state index contributed by atoms with van der Waals surface area (Å²) in [7, 11) is -3.40. The van der Waals surface area contributed by atoms with E-state index in [1.165, 1.54) is 0 Å². The van der Waals surface area contributed by atoms with Crippen molar-refractivity contribution in [3.8, 4) is 11.1 Å². The number of pyridine rings is 1. The number of nitrogens with one attached hydrogen (secondary N) is 1. The number of benzene rings is 1. The zero-order valence-electron chi connectivity index (χ0n) is 18.8. The SMILES string of the molecule is O=C(O)C(F)(F)F.O=S(=O)(c1ccc(-c2ccnc3[nH]c(Cn4cccn4)cc23)cc1)N1CCCC1. The maximum Gasteiger partial charge on any atom is 0.490 e. The van der Waals surface area contributed by atoms with Crippen LogP contribution in [0, 0.1) is 0 Å². The van der Waals surface area contributed by atoms with E-state index in [0.717, 1.165) is 40.7 Å². The Labute approximate surface area is 204 Å². The molecule has 13 heteroatoms. The maximum absolute atomic E-state index is 12.8. The number of aliphatic carboxylic acids is 1. The third-order valence-electron chi connectivity index (χ3n) is 5.59. The summed E-state index contributed by atoms with van der Waals surface area (Å²) in [4.78, 5) is 17.0. The number of carboxylic acids is 1. The van der Waals surface area contributed by atoms with Crippen molar-refractivity contribution in [2.24, 2.45) is 0 Å². The molecule has 4 aromatic rings. The molecule has 4 heterocycles. The van der Waals surface area contributed by atoms with Crippen molar-refractivity contribution in [3.63, 3.8) is 0 Å². The molecule has 36 heavy (non-hydrogen) atoms. The fraction of sp³-hybridized carbons (Fsp3) is 0.261. The average Bonchev–Trinajstić information content (AvgIpc) is 3.60. The lowest BCUT2D eigenvalue weighted by Gasteiger charge is -2.15. The third kappa shape index (κ3) is 5.57. The van der Waals surface area contributed by atoms with Crippen molar-refractivity contribution >= 4 is 27.0 Å². The Hall–Kier alpha value is -3.71. The van der Waals surface area contributed by atoms with Gasteiger partial charge in [0.05, 0.1) is 11.4 Å². The molecule has 0 bridgehead atoms. The number of carbonyl (C=O) groups is 1. The van der Waals surface area contributed by atoms with Crippen molar-refractivity contribution in [1.82, 2.24) is 24.1 Å². The number of halogens is 3. The van der Waals surface area contributed by atoms with E-state index < -0.39 is 22.2 Å². The molecule has 1 fully saturated rings. The molecule has 0 unspecified atom stereocenters. The standard InChI is InChI=1S/C21H21N5O2S.C2HF3O2/c27-29(28,26-12-1-2-13-26)18-6-4-16(5-7-18)19-8-10-22-21-20(19)14-17(24-21)15-25-11-3-9-23-25;3-2(4,5)1(6)7/h3-11,14H,1-2,12-13,15H2,(H,22,24);(H,6,7). The Kier molecular flexibility index (Phi) is 7.13. The lowest BCUT2D eigenvalue weighted by atomic mass is 10.0. The molecule has 0 aliphatic carbocycles. The van der Waals surface area contributed by atoms with Gasteiger partial charge in [-0.2, -0.15) is 22.6 Å². The van der Waals surface area contributed by atoms with E-state index >= 15 is 0 Å². The number of H-pyrrole nitrogens is 1. The number of hydrogen-bond acceptors (Lipinski definition) is 5. The summed E-state index contributed by atoms with van der Waals surface area (Å²) in [6.45, 7) is 1.85. The molecule has 0 spiro atoms. The van der Waals surface area contributed by atoms with Crippen LogP contribution in [0.5, 0.6) is 0 Å². The number of aromatic nitrogens is 4. The van der Waals surface area contributed by atoms with Gasteiger partial charge in [0.2, 0.25) is 10.0 Å². The Morgan fingerprint density at radius 2 is 1.75 bits per heavy atom. The van der Waals surface area contributed by atoms with Crippen LogP contribution in [0.3, 0.4) is 0 Å². The van der Waals surface area contributed by atoms with E-state index in [2.05, 4.69) is 21.1 Å². The number of carboxylic acid groups (broad SMARTS) is 1. The molecular weight excluding hydrogens is 499 g/mol. The van der Waals surface area contributed by atoms with Crippen LogP contribution in [0.25, 0.3) is 22.2 Å². The first kappa shape index (κ1) is 25.4. The Morgan fingerprint density at radius 3 is 2.33 bits per heavy atom. The van der Waals surface area contributed by atoms with Gasteiger partial charge in [-0.3, -0.25) is 4.68 Å². The summed E-state index contributed by atoms with van der Waals surface area (Å²) in [6.07, 6.45) is 2.21. The molecule has 0 atom stereocenters. The highest BCUT2D eigenvalue weighted by atomic mass is 32.2. The lowest BCUT2D eigenvalue weighted by molar-refractivity contribution is -0.192. The van der Waals surface area contributed by atoms with Crippen molar-refractivity contribution in [1.29, 1.82) is 0 Å². The maximum atomic E-state index is 12.8. The molecule has 3 aromatic heterocycles. The number of nitrogens with zero attached hydrogens (tertiary/aromatic N) is 4. The van der Waals surface area contributed by atoms with Gasteiger partial charge in [0, 0.05) is 42.8 Å². The smallest absolute Gasteiger partial charge is 0.475 e. The first-order valence-corrected chi connectivity index (χ1v) is 12.3. The third-order valence-corrected chi connectivity index (χ3v) is 7.50. The van der Waals surface area contributed by atoms with Crippen molar-refractivity contribution < 1.29 is 31.5 Å². The molecule has 0 saturated carbocycles. The molecular formula is C23H22F3N5O4S. The summed E-state index contributed by atoms with van der Waals surface area (Å²) >= 11 is 0. The number of alkyl halides is 3. The van der Waals surface area contributed by atoms with Crippen molar-refractivity contribution in [2.75, 3.05) is 13.1 Å². The van der Waals surface area contributed by atoms with Gasteiger partial charge in [-0.25, -0.2) is 18.2 Å². The summed E-state index contributed by atoms with van der Waals surface area (Å²) in [5.41, 5.74) is 3.79. The van der Waals surface area contributed by atoms with E-state index in [9.17, 15) is 21.6 Å². The zero-order valence-corrected chi connectivity index (χ0v) is 19.6.